The number of nitrogens with zero attached hydrogens (tertiary/aromatic N) is 1. The zero-order chi connectivity index (χ0) is 20.2. The summed E-state index contributed by atoms with van der Waals surface area (Å²) in [6, 6.07) is 14.8. The van der Waals surface area contributed by atoms with E-state index >= 15 is 0 Å². The molecule has 1 N–H and O–H groups in total. The zero-order valence-electron chi connectivity index (χ0n) is 15.9. The van der Waals surface area contributed by atoms with Crippen molar-refractivity contribution in [2.45, 2.75) is 19.4 Å². The molecule has 1 amide bonds. The number of nitrogens with one attached hydrogen (secondary N) is 1. The number of hydrogen-bond acceptors (Lipinski definition) is 6. The van der Waals surface area contributed by atoms with E-state index in [1.165, 1.54) is 18.4 Å². The first kappa shape index (κ1) is 19.1. The second-order valence-electron chi connectivity index (χ2n) is 6.77. The van der Waals surface area contributed by atoms with Crippen molar-refractivity contribution in [2.24, 2.45) is 5.92 Å². The monoisotopic (exact) mass is 408 g/mol. The van der Waals surface area contributed by atoms with Gasteiger partial charge >= 0.3 is 5.97 Å². The van der Waals surface area contributed by atoms with Gasteiger partial charge in [0.05, 0.1) is 18.4 Å². The van der Waals surface area contributed by atoms with Gasteiger partial charge in [0.15, 0.2) is 5.13 Å². The lowest BCUT2D eigenvalue weighted by Gasteiger charge is -2.10. The summed E-state index contributed by atoms with van der Waals surface area (Å²) in [5.41, 5.74) is 3.06. The second kappa shape index (κ2) is 8.45. The zero-order valence-corrected chi connectivity index (χ0v) is 16.7. The van der Waals surface area contributed by atoms with Crippen molar-refractivity contribution in [3.8, 4) is 17.0 Å². The molecule has 0 aliphatic heterocycles. The summed E-state index contributed by atoms with van der Waals surface area (Å²) in [7, 11) is 1.36. The minimum absolute atomic E-state index is 0.0471. The number of thiazole rings is 1. The van der Waals surface area contributed by atoms with Crippen molar-refractivity contribution in [3.63, 3.8) is 0 Å². The van der Waals surface area contributed by atoms with Crippen LogP contribution in [0.3, 0.4) is 0 Å². The van der Waals surface area contributed by atoms with Crippen LogP contribution >= 0.6 is 11.3 Å². The average Bonchev–Trinajstić information content (AvgIpc) is 3.52. The summed E-state index contributed by atoms with van der Waals surface area (Å²) in [4.78, 5) is 28.0. The molecule has 0 bridgehead atoms. The minimum Gasteiger partial charge on any atom is -0.488 e. The molecule has 1 aliphatic carbocycles. The molecule has 0 unspecified atom stereocenters. The molecule has 1 heterocycles. The molecule has 1 fully saturated rings. The van der Waals surface area contributed by atoms with Crippen molar-refractivity contribution in [2.75, 3.05) is 12.4 Å². The third-order valence-corrected chi connectivity index (χ3v) is 5.37. The van der Waals surface area contributed by atoms with Crippen molar-refractivity contribution < 1.29 is 19.1 Å². The fourth-order valence-electron chi connectivity index (χ4n) is 2.83. The SMILES string of the molecule is COC(=O)c1ccc(COc2ccccc2-c2csc(NC(=O)C3CC3)n2)cc1. The van der Waals surface area contributed by atoms with Crippen molar-refractivity contribution in [1.29, 1.82) is 0 Å². The predicted octanol–water partition coefficient (Wildman–Crippen LogP) is 4.52. The van der Waals surface area contributed by atoms with Crippen molar-refractivity contribution in [3.05, 3.63) is 65.0 Å². The smallest absolute Gasteiger partial charge is 0.337 e. The van der Waals surface area contributed by atoms with E-state index in [4.69, 9.17) is 9.47 Å². The number of ether oxygens (including phenoxy) is 2. The Hall–Kier alpha value is -3.19. The quantitative estimate of drug-likeness (QED) is 0.582. The summed E-state index contributed by atoms with van der Waals surface area (Å²) >= 11 is 1.41. The fourth-order valence-corrected chi connectivity index (χ4v) is 3.54. The molecule has 7 heteroatoms. The van der Waals surface area contributed by atoms with Crippen LogP contribution in [0.1, 0.15) is 28.8 Å². The first-order chi connectivity index (χ1) is 14.1. The topological polar surface area (TPSA) is 77.5 Å². The molecule has 0 saturated heterocycles. The van der Waals surface area contributed by atoms with E-state index in [1.54, 1.807) is 12.1 Å². The number of hydrogen-bond donors (Lipinski definition) is 1. The average molecular weight is 408 g/mol. The third kappa shape index (κ3) is 4.63. The number of amides is 1. The molecule has 3 aromatic rings. The number of rotatable bonds is 7. The van der Waals surface area contributed by atoms with Crippen molar-refractivity contribution >= 4 is 28.3 Å². The van der Waals surface area contributed by atoms with Gasteiger partial charge in [0.1, 0.15) is 12.4 Å². The normalized spacial score (nSPS) is 13.0. The molecule has 0 atom stereocenters. The lowest BCUT2D eigenvalue weighted by atomic mass is 10.1. The Bertz CT molecular complexity index is 1030. The van der Waals surface area contributed by atoms with E-state index in [9.17, 15) is 9.59 Å². The summed E-state index contributed by atoms with van der Waals surface area (Å²) in [6.07, 6.45) is 1.92. The van der Waals surface area contributed by atoms with Gasteiger partial charge in [0, 0.05) is 16.9 Å². The van der Waals surface area contributed by atoms with Gasteiger partial charge in [0.25, 0.3) is 0 Å². The molecule has 6 nitrogen and oxygen atoms in total. The Morgan fingerprint density at radius 2 is 1.90 bits per heavy atom. The molecule has 1 saturated carbocycles. The Kier molecular flexibility index (Phi) is 5.57. The van der Waals surface area contributed by atoms with Crippen LogP contribution in [-0.2, 0) is 16.1 Å². The van der Waals surface area contributed by atoms with Crippen LogP contribution in [-0.4, -0.2) is 24.0 Å². The number of esters is 1. The van der Waals surface area contributed by atoms with Crippen LogP contribution < -0.4 is 10.1 Å². The van der Waals surface area contributed by atoms with Crippen LogP contribution in [0.2, 0.25) is 0 Å². The standard InChI is InChI=1S/C22H20N2O4S/c1-27-21(26)16-8-6-14(7-9-16)12-28-19-5-3-2-4-17(19)18-13-29-22(23-18)24-20(25)15-10-11-15/h2-9,13,15H,10-12H2,1H3,(H,23,24,25). The number of carbonyl (C=O) groups excluding carboxylic acids is 2. The first-order valence-electron chi connectivity index (χ1n) is 9.30. The van der Waals surface area contributed by atoms with Crippen molar-refractivity contribution in [1.82, 2.24) is 4.98 Å². The number of methoxy groups -OCH3 is 1. The van der Waals surface area contributed by atoms with Crippen LogP contribution in [0.15, 0.2) is 53.9 Å². The number of benzene rings is 2. The molecule has 29 heavy (non-hydrogen) atoms. The predicted molar refractivity (Wildman–Crippen MR) is 111 cm³/mol. The van der Waals surface area contributed by atoms with Gasteiger partial charge in [-0.3, -0.25) is 4.79 Å². The molecule has 0 spiro atoms. The number of carbonyl (C=O) groups is 2. The van der Waals surface area contributed by atoms with Gasteiger partial charge in [0.2, 0.25) is 5.91 Å². The number of para-hydroxylation sites is 1. The summed E-state index contributed by atoms with van der Waals surface area (Å²) < 4.78 is 10.7. The molecular weight excluding hydrogens is 388 g/mol. The summed E-state index contributed by atoms with van der Waals surface area (Å²) in [6.45, 7) is 0.355. The first-order valence-corrected chi connectivity index (χ1v) is 10.2. The third-order valence-electron chi connectivity index (χ3n) is 4.61. The van der Waals surface area contributed by atoms with E-state index in [2.05, 4.69) is 10.3 Å². The molecule has 148 valence electrons. The van der Waals surface area contributed by atoms with Crippen LogP contribution in [0, 0.1) is 5.92 Å². The summed E-state index contributed by atoms with van der Waals surface area (Å²) in [5.74, 6) is 0.528. The highest BCUT2D eigenvalue weighted by molar-refractivity contribution is 7.14. The van der Waals surface area contributed by atoms with E-state index in [0.29, 0.717) is 23.1 Å². The number of anilines is 1. The largest absolute Gasteiger partial charge is 0.488 e. The maximum Gasteiger partial charge on any atom is 0.337 e. The molecule has 1 aromatic heterocycles. The molecule has 1 aliphatic rings. The lowest BCUT2D eigenvalue weighted by molar-refractivity contribution is -0.117. The Labute approximate surface area is 172 Å². The van der Waals surface area contributed by atoms with Gasteiger partial charge in [-0.2, -0.15) is 0 Å². The molecule has 0 radical (unpaired) electrons. The van der Waals surface area contributed by atoms with Gasteiger partial charge in [-0.05, 0) is 42.7 Å². The van der Waals surface area contributed by atoms with E-state index in [0.717, 1.165) is 29.7 Å². The van der Waals surface area contributed by atoms with E-state index in [1.807, 2.05) is 41.8 Å². The highest BCUT2D eigenvalue weighted by Gasteiger charge is 2.30. The second-order valence-corrected chi connectivity index (χ2v) is 7.63. The van der Waals surface area contributed by atoms with Crippen LogP contribution in [0.4, 0.5) is 5.13 Å². The van der Waals surface area contributed by atoms with E-state index in [-0.39, 0.29) is 17.8 Å². The van der Waals surface area contributed by atoms with Gasteiger partial charge < -0.3 is 14.8 Å². The van der Waals surface area contributed by atoms with Crippen LogP contribution in [0.5, 0.6) is 5.75 Å². The Balaban J connectivity index is 1.45. The van der Waals surface area contributed by atoms with E-state index < -0.39 is 0 Å². The number of aromatic nitrogens is 1. The maximum atomic E-state index is 11.9. The highest BCUT2D eigenvalue weighted by atomic mass is 32.1. The minimum atomic E-state index is -0.365. The highest BCUT2D eigenvalue weighted by Crippen LogP contribution is 2.34. The lowest BCUT2D eigenvalue weighted by Crippen LogP contribution is -2.12. The van der Waals surface area contributed by atoms with Gasteiger partial charge in [-0.15, -0.1) is 11.3 Å². The molecule has 4 rings (SSSR count). The van der Waals surface area contributed by atoms with Gasteiger partial charge in [-0.1, -0.05) is 24.3 Å². The van der Waals surface area contributed by atoms with Gasteiger partial charge in [-0.25, -0.2) is 9.78 Å². The van der Waals surface area contributed by atoms with Crippen LogP contribution in [0.25, 0.3) is 11.3 Å². The Morgan fingerprint density at radius 3 is 2.62 bits per heavy atom. The maximum absolute atomic E-state index is 11.9. The molecule has 2 aromatic carbocycles. The summed E-state index contributed by atoms with van der Waals surface area (Å²) in [5, 5.41) is 5.39. The Morgan fingerprint density at radius 1 is 1.14 bits per heavy atom. The molecular formula is C22H20N2O4S. The fraction of sp³-hybridized carbons (Fsp3) is 0.227.